The van der Waals surface area contributed by atoms with Crippen LogP contribution in [0, 0.1) is 0 Å². The summed E-state index contributed by atoms with van der Waals surface area (Å²) >= 11 is 0. The summed E-state index contributed by atoms with van der Waals surface area (Å²) in [4.78, 5) is 39.5. The van der Waals surface area contributed by atoms with E-state index in [9.17, 15) is 14.4 Å². The van der Waals surface area contributed by atoms with E-state index in [-0.39, 0.29) is 12.5 Å². The normalized spacial score (nSPS) is 13.4. The first-order valence-electron chi connectivity index (χ1n) is 9.09. The number of ether oxygens (including phenoxy) is 1. The van der Waals surface area contributed by atoms with Crippen LogP contribution in [0.15, 0.2) is 48.5 Å². The van der Waals surface area contributed by atoms with Crippen molar-refractivity contribution in [3.8, 4) is 0 Å². The van der Waals surface area contributed by atoms with E-state index < -0.39 is 11.9 Å². The molecule has 146 valence electrons. The third-order valence-electron chi connectivity index (χ3n) is 4.49. The molecule has 0 aromatic heterocycles. The molecular formula is C21H23N3O4. The van der Waals surface area contributed by atoms with Crippen molar-refractivity contribution < 1.29 is 19.1 Å². The van der Waals surface area contributed by atoms with E-state index >= 15 is 0 Å². The van der Waals surface area contributed by atoms with Gasteiger partial charge in [0.25, 0.3) is 5.91 Å². The summed E-state index contributed by atoms with van der Waals surface area (Å²) in [7, 11) is 3.87. The molecule has 1 N–H and O–H groups in total. The molecule has 1 heterocycles. The van der Waals surface area contributed by atoms with Crippen LogP contribution in [0.25, 0.3) is 0 Å². The molecule has 1 aliphatic heterocycles. The zero-order valence-corrected chi connectivity index (χ0v) is 16.0. The second-order valence-corrected chi connectivity index (χ2v) is 6.76. The Morgan fingerprint density at radius 3 is 2.32 bits per heavy atom. The summed E-state index contributed by atoms with van der Waals surface area (Å²) in [6, 6.07) is 14.0. The predicted octanol–water partition coefficient (Wildman–Crippen LogP) is 2.67. The van der Waals surface area contributed by atoms with Crippen LogP contribution in [0.2, 0.25) is 0 Å². The van der Waals surface area contributed by atoms with Crippen molar-refractivity contribution in [3.63, 3.8) is 0 Å². The van der Waals surface area contributed by atoms with Gasteiger partial charge in [0.2, 0.25) is 5.91 Å². The van der Waals surface area contributed by atoms with Gasteiger partial charge in [0, 0.05) is 44.1 Å². The minimum Gasteiger partial charge on any atom is -0.452 e. The van der Waals surface area contributed by atoms with Crippen LogP contribution < -0.4 is 15.1 Å². The number of hydrogen-bond acceptors (Lipinski definition) is 5. The maximum atomic E-state index is 12.1. The molecule has 7 nitrogen and oxygen atoms in total. The molecule has 28 heavy (non-hydrogen) atoms. The number of nitrogens with one attached hydrogen (secondary N) is 1. The third kappa shape index (κ3) is 4.68. The lowest BCUT2D eigenvalue weighted by molar-refractivity contribution is -0.119. The lowest BCUT2D eigenvalue weighted by Crippen LogP contribution is -2.23. The molecule has 3 rings (SSSR count). The molecule has 1 fully saturated rings. The van der Waals surface area contributed by atoms with Crippen LogP contribution in [0.1, 0.15) is 23.2 Å². The van der Waals surface area contributed by atoms with Crippen LogP contribution in [-0.4, -0.2) is 45.0 Å². The van der Waals surface area contributed by atoms with E-state index in [2.05, 4.69) is 5.32 Å². The molecule has 0 spiro atoms. The molecule has 2 amide bonds. The fraction of sp³-hybridized carbons (Fsp3) is 0.286. The highest BCUT2D eigenvalue weighted by Crippen LogP contribution is 2.22. The Labute approximate surface area is 163 Å². The fourth-order valence-corrected chi connectivity index (χ4v) is 2.95. The summed E-state index contributed by atoms with van der Waals surface area (Å²) in [5, 5.41) is 2.69. The van der Waals surface area contributed by atoms with Crippen molar-refractivity contribution in [2.24, 2.45) is 0 Å². The van der Waals surface area contributed by atoms with Crippen molar-refractivity contribution in [3.05, 3.63) is 54.1 Å². The molecule has 0 unspecified atom stereocenters. The van der Waals surface area contributed by atoms with Crippen LogP contribution in [0.5, 0.6) is 0 Å². The molecular weight excluding hydrogens is 358 g/mol. The van der Waals surface area contributed by atoms with Gasteiger partial charge in [-0.2, -0.15) is 0 Å². The molecule has 0 aliphatic carbocycles. The minimum absolute atomic E-state index is 0.0885. The molecule has 7 heteroatoms. The van der Waals surface area contributed by atoms with E-state index in [1.54, 1.807) is 41.3 Å². The average Bonchev–Trinajstić information content (AvgIpc) is 3.12. The number of esters is 1. The number of nitrogens with zero attached hydrogens (tertiary/aromatic N) is 2. The van der Waals surface area contributed by atoms with Gasteiger partial charge >= 0.3 is 5.97 Å². The van der Waals surface area contributed by atoms with Crippen LogP contribution in [-0.2, 0) is 14.3 Å². The van der Waals surface area contributed by atoms with Gasteiger partial charge in [-0.05, 0) is 55.0 Å². The van der Waals surface area contributed by atoms with Crippen molar-refractivity contribution >= 4 is 34.8 Å². The molecule has 0 bridgehead atoms. The van der Waals surface area contributed by atoms with Crippen LogP contribution >= 0.6 is 0 Å². The first kappa shape index (κ1) is 19.4. The highest BCUT2D eigenvalue weighted by Gasteiger charge is 2.21. The maximum absolute atomic E-state index is 12.1. The monoisotopic (exact) mass is 381 g/mol. The van der Waals surface area contributed by atoms with E-state index in [0.717, 1.165) is 17.8 Å². The number of hydrogen-bond donors (Lipinski definition) is 1. The van der Waals surface area contributed by atoms with Gasteiger partial charge in [0.15, 0.2) is 6.61 Å². The zero-order valence-electron chi connectivity index (χ0n) is 16.0. The summed E-state index contributed by atoms with van der Waals surface area (Å²) in [6.45, 7) is 0.318. The summed E-state index contributed by atoms with van der Waals surface area (Å²) in [5.74, 6) is -0.909. The highest BCUT2D eigenvalue weighted by molar-refractivity contribution is 5.97. The van der Waals surface area contributed by atoms with E-state index in [1.807, 2.05) is 31.1 Å². The minimum atomic E-state index is -0.586. The molecule has 0 atom stereocenters. The molecule has 1 saturated heterocycles. The molecule has 2 aromatic carbocycles. The Hall–Kier alpha value is -3.35. The van der Waals surface area contributed by atoms with E-state index in [0.29, 0.717) is 24.2 Å². The molecule has 0 saturated carbocycles. The number of rotatable bonds is 6. The second-order valence-electron chi connectivity index (χ2n) is 6.76. The third-order valence-corrected chi connectivity index (χ3v) is 4.49. The van der Waals surface area contributed by atoms with Crippen molar-refractivity contribution in [2.45, 2.75) is 12.8 Å². The molecule has 1 aliphatic rings. The Balaban J connectivity index is 1.50. The van der Waals surface area contributed by atoms with Gasteiger partial charge in [-0.25, -0.2) is 4.79 Å². The number of benzene rings is 2. The average molecular weight is 381 g/mol. The van der Waals surface area contributed by atoms with E-state index in [1.165, 1.54) is 0 Å². The van der Waals surface area contributed by atoms with Gasteiger partial charge in [-0.1, -0.05) is 0 Å². The van der Waals surface area contributed by atoms with E-state index in [4.69, 9.17) is 4.74 Å². The fourth-order valence-electron chi connectivity index (χ4n) is 2.95. The first-order valence-corrected chi connectivity index (χ1v) is 9.09. The number of anilines is 3. The second kappa shape index (κ2) is 8.56. The van der Waals surface area contributed by atoms with Crippen molar-refractivity contribution in [1.29, 1.82) is 0 Å². The Bertz CT molecular complexity index is 860. The Kier molecular flexibility index (Phi) is 5.93. The van der Waals surface area contributed by atoms with Gasteiger partial charge < -0.3 is 19.9 Å². The SMILES string of the molecule is CN(C)c1ccc(NC(=O)COC(=O)c2ccc(N3CCCC3=O)cc2)cc1. The van der Waals surface area contributed by atoms with Gasteiger partial charge in [0.05, 0.1) is 5.56 Å². The quantitative estimate of drug-likeness (QED) is 0.779. The van der Waals surface area contributed by atoms with Gasteiger partial charge in [-0.3, -0.25) is 9.59 Å². The molecule has 2 aromatic rings. The smallest absolute Gasteiger partial charge is 0.338 e. The Morgan fingerprint density at radius 2 is 1.75 bits per heavy atom. The lowest BCUT2D eigenvalue weighted by Gasteiger charge is -2.15. The topological polar surface area (TPSA) is 79.0 Å². The van der Waals surface area contributed by atoms with Crippen LogP contribution in [0.4, 0.5) is 17.1 Å². The summed E-state index contributed by atoms with van der Waals surface area (Å²) in [5.41, 5.74) is 2.74. The summed E-state index contributed by atoms with van der Waals surface area (Å²) < 4.78 is 5.07. The standard InChI is InChI=1S/C21H23N3O4/c1-23(2)17-11-7-16(8-12-17)22-19(25)14-28-21(27)15-5-9-18(10-6-15)24-13-3-4-20(24)26/h5-12H,3-4,13-14H2,1-2H3,(H,22,25). The highest BCUT2D eigenvalue weighted by atomic mass is 16.5. The predicted molar refractivity (Wildman–Crippen MR) is 108 cm³/mol. The zero-order chi connectivity index (χ0) is 20.1. The summed E-state index contributed by atoms with van der Waals surface area (Å²) in [6.07, 6.45) is 1.40. The lowest BCUT2D eigenvalue weighted by atomic mass is 10.2. The van der Waals surface area contributed by atoms with Crippen molar-refractivity contribution in [2.75, 3.05) is 42.4 Å². The van der Waals surface area contributed by atoms with Crippen LogP contribution in [0.3, 0.4) is 0 Å². The van der Waals surface area contributed by atoms with Crippen molar-refractivity contribution in [1.82, 2.24) is 0 Å². The number of amides is 2. The first-order chi connectivity index (χ1) is 13.4. The number of carbonyl (C=O) groups excluding carboxylic acids is 3. The Morgan fingerprint density at radius 1 is 1.07 bits per heavy atom. The maximum Gasteiger partial charge on any atom is 0.338 e. The van der Waals surface area contributed by atoms with Gasteiger partial charge in [0.1, 0.15) is 0 Å². The largest absolute Gasteiger partial charge is 0.452 e. The van der Waals surface area contributed by atoms with Gasteiger partial charge in [-0.15, -0.1) is 0 Å². The molecule has 0 radical (unpaired) electrons. The number of carbonyl (C=O) groups is 3.